The minimum absolute atomic E-state index is 0.0790. The average Bonchev–Trinajstić information content (AvgIpc) is 3.09. The molecule has 2 N–H and O–H groups in total. The standard InChI is InChI=1S/C27H20Cl2N6O3/c28-20-5-3-6-21(29)23(20)35-15-38-25-19(26(35)37)14-31-27(33-25)32-16-8-10-17(11-9-16)34-13-12-30-24(36)18-4-1-2-7-22(18)34/h1-11,14H,12-13,15H2,(H,30,36)(H,31,32,33). The molecule has 9 nitrogen and oxygen atoms in total. The van der Waals surface area contributed by atoms with Crippen LogP contribution in [0.2, 0.25) is 10.0 Å². The molecule has 0 unspecified atom stereocenters. The van der Waals surface area contributed by atoms with Gasteiger partial charge in [0.25, 0.3) is 11.8 Å². The molecule has 0 fully saturated rings. The first kappa shape index (κ1) is 24.0. The number of amides is 2. The highest BCUT2D eigenvalue weighted by Crippen LogP contribution is 2.37. The zero-order valence-corrected chi connectivity index (χ0v) is 21.3. The SMILES string of the molecule is O=C1NCCN(c2ccc(Nc3ncc4c(n3)OCN(c3c(Cl)cccc3Cl)C4=O)cc2)c2ccccc21. The average molecular weight is 547 g/mol. The molecule has 2 aliphatic rings. The van der Waals surface area contributed by atoms with Gasteiger partial charge in [-0.2, -0.15) is 4.98 Å². The quantitative estimate of drug-likeness (QED) is 0.353. The number of hydrogen-bond acceptors (Lipinski definition) is 7. The lowest BCUT2D eigenvalue weighted by Gasteiger charge is -2.29. The van der Waals surface area contributed by atoms with Crippen LogP contribution in [-0.4, -0.2) is 41.6 Å². The molecule has 11 heteroatoms. The van der Waals surface area contributed by atoms with Crippen LogP contribution < -0.4 is 25.2 Å². The van der Waals surface area contributed by atoms with Gasteiger partial charge in [-0.15, -0.1) is 0 Å². The van der Waals surface area contributed by atoms with Gasteiger partial charge in [0.05, 0.1) is 27.0 Å². The Balaban J connectivity index is 1.20. The molecular weight excluding hydrogens is 527 g/mol. The highest BCUT2D eigenvalue weighted by Gasteiger charge is 2.31. The van der Waals surface area contributed by atoms with Crippen molar-refractivity contribution in [3.05, 3.63) is 94.1 Å². The fraction of sp³-hybridized carbons (Fsp3) is 0.111. The number of fused-ring (bicyclic) bond motifs is 2. The van der Waals surface area contributed by atoms with Gasteiger partial charge < -0.3 is 20.3 Å². The Morgan fingerprint density at radius 2 is 1.66 bits per heavy atom. The number of ether oxygens (including phenoxy) is 1. The maximum Gasteiger partial charge on any atom is 0.268 e. The first-order valence-electron chi connectivity index (χ1n) is 11.8. The smallest absolute Gasteiger partial charge is 0.268 e. The highest BCUT2D eigenvalue weighted by molar-refractivity contribution is 6.40. The number of nitrogens with one attached hydrogen (secondary N) is 2. The van der Waals surface area contributed by atoms with Crippen molar-refractivity contribution in [2.45, 2.75) is 0 Å². The summed E-state index contributed by atoms with van der Waals surface area (Å²) in [5.74, 6) is 0.0120. The number of rotatable bonds is 4. The number of carbonyl (C=O) groups is 2. The molecule has 3 aromatic carbocycles. The molecule has 0 spiro atoms. The lowest BCUT2D eigenvalue weighted by molar-refractivity contribution is 0.0930. The number of anilines is 5. The van der Waals surface area contributed by atoms with Gasteiger partial charge in [0, 0.05) is 30.7 Å². The number of aromatic nitrogens is 2. The van der Waals surface area contributed by atoms with Crippen molar-refractivity contribution < 1.29 is 14.3 Å². The van der Waals surface area contributed by atoms with E-state index in [-0.39, 0.29) is 35.9 Å². The monoisotopic (exact) mass is 546 g/mol. The minimum atomic E-state index is -0.358. The zero-order chi connectivity index (χ0) is 26.2. The van der Waals surface area contributed by atoms with Gasteiger partial charge in [0.15, 0.2) is 6.73 Å². The van der Waals surface area contributed by atoms with Gasteiger partial charge in [-0.1, -0.05) is 41.4 Å². The number of nitrogens with zero attached hydrogens (tertiary/aromatic N) is 4. The summed E-state index contributed by atoms with van der Waals surface area (Å²) >= 11 is 12.5. The molecule has 4 aromatic rings. The normalized spacial score (nSPS) is 14.7. The third-order valence-electron chi connectivity index (χ3n) is 6.26. The van der Waals surface area contributed by atoms with Crippen molar-refractivity contribution >= 4 is 63.7 Å². The van der Waals surface area contributed by atoms with Crippen molar-refractivity contribution in [2.75, 3.05) is 34.9 Å². The predicted molar refractivity (Wildman–Crippen MR) is 146 cm³/mol. The topological polar surface area (TPSA) is 99.7 Å². The molecule has 6 rings (SSSR count). The van der Waals surface area contributed by atoms with Crippen LogP contribution >= 0.6 is 23.2 Å². The molecule has 1 aromatic heterocycles. The number of para-hydroxylation sites is 2. The number of halogens is 2. The molecule has 0 saturated heterocycles. The van der Waals surface area contributed by atoms with Gasteiger partial charge >= 0.3 is 0 Å². The van der Waals surface area contributed by atoms with Crippen molar-refractivity contribution in [3.8, 4) is 5.88 Å². The van der Waals surface area contributed by atoms with Crippen LogP contribution in [0, 0.1) is 0 Å². The van der Waals surface area contributed by atoms with Gasteiger partial charge in [-0.3, -0.25) is 14.5 Å². The zero-order valence-electron chi connectivity index (χ0n) is 19.8. The second-order valence-corrected chi connectivity index (χ2v) is 9.40. The lowest BCUT2D eigenvalue weighted by atomic mass is 10.1. The first-order valence-corrected chi connectivity index (χ1v) is 12.5. The van der Waals surface area contributed by atoms with Gasteiger partial charge in [-0.25, -0.2) is 4.98 Å². The largest absolute Gasteiger partial charge is 0.455 e. The van der Waals surface area contributed by atoms with E-state index in [1.165, 1.54) is 11.1 Å². The molecule has 38 heavy (non-hydrogen) atoms. The van der Waals surface area contributed by atoms with Crippen LogP contribution in [0.4, 0.5) is 28.7 Å². The Labute approximate surface area is 228 Å². The molecule has 2 aliphatic heterocycles. The summed E-state index contributed by atoms with van der Waals surface area (Å²) in [4.78, 5) is 37.6. The lowest BCUT2D eigenvalue weighted by Crippen LogP contribution is -2.39. The van der Waals surface area contributed by atoms with Gasteiger partial charge in [-0.05, 0) is 48.5 Å². The number of carbonyl (C=O) groups excluding carboxylic acids is 2. The summed E-state index contributed by atoms with van der Waals surface area (Å²) in [6, 6.07) is 20.3. The molecule has 0 radical (unpaired) electrons. The second kappa shape index (κ2) is 9.85. The van der Waals surface area contributed by atoms with Crippen molar-refractivity contribution in [3.63, 3.8) is 0 Å². The van der Waals surface area contributed by atoms with E-state index in [0.29, 0.717) is 34.4 Å². The van der Waals surface area contributed by atoms with Crippen molar-refractivity contribution in [2.24, 2.45) is 0 Å². The molecule has 0 aliphatic carbocycles. The maximum absolute atomic E-state index is 13.1. The van der Waals surface area contributed by atoms with E-state index < -0.39 is 0 Å². The summed E-state index contributed by atoms with van der Waals surface area (Å²) in [6.07, 6.45) is 1.41. The van der Waals surface area contributed by atoms with E-state index in [1.54, 1.807) is 18.2 Å². The number of hydrogen-bond donors (Lipinski definition) is 2. The molecule has 190 valence electrons. The first-order chi connectivity index (χ1) is 18.5. The van der Waals surface area contributed by atoms with Crippen molar-refractivity contribution in [1.29, 1.82) is 0 Å². The Morgan fingerprint density at radius 3 is 2.45 bits per heavy atom. The summed E-state index contributed by atoms with van der Waals surface area (Å²) in [6.45, 7) is 1.09. The molecule has 0 bridgehead atoms. The Bertz CT molecular complexity index is 1540. The summed E-state index contributed by atoms with van der Waals surface area (Å²) in [5.41, 5.74) is 3.77. The summed E-state index contributed by atoms with van der Waals surface area (Å²) in [5, 5.41) is 6.75. The van der Waals surface area contributed by atoms with E-state index >= 15 is 0 Å². The molecule has 0 atom stereocenters. The third kappa shape index (κ3) is 4.36. The Hall–Kier alpha value is -4.34. The molecular formula is C27H20Cl2N6O3. The van der Waals surface area contributed by atoms with Gasteiger partial charge in [0.1, 0.15) is 5.56 Å². The predicted octanol–water partition coefficient (Wildman–Crippen LogP) is 5.41. The van der Waals surface area contributed by atoms with Crippen LogP contribution in [0.15, 0.2) is 72.9 Å². The highest BCUT2D eigenvalue weighted by atomic mass is 35.5. The summed E-state index contributed by atoms with van der Waals surface area (Å²) in [7, 11) is 0. The Kier molecular flexibility index (Phi) is 6.22. The van der Waals surface area contributed by atoms with E-state index in [4.69, 9.17) is 27.9 Å². The fourth-order valence-corrected chi connectivity index (χ4v) is 5.05. The maximum atomic E-state index is 13.1. The van der Waals surface area contributed by atoms with Crippen LogP contribution in [0.25, 0.3) is 0 Å². The van der Waals surface area contributed by atoms with Crippen LogP contribution in [-0.2, 0) is 0 Å². The number of benzene rings is 3. The Morgan fingerprint density at radius 1 is 0.895 bits per heavy atom. The van der Waals surface area contributed by atoms with Crippen LogP contribution in [0.5, 0.6) is 5.88 Å². The fourth-order valence-electron chi connectivity index (χ4n) is 4.45. The second-order valence-electron chi connectivity index (χ2n) is 8.59. The minimum Gasteiger partial charge on any atom is -0.455 e. The third-order valence-corrected chi connectivity index (χ3v) is 6.87. The summed E-state index contributed by atoms with van der Waals surface area (Å²) < 4.78 is 5.76. The van der Waals surface area contributed by atoms with Crippen molar-refractivity contribution in [1.82, 2.24) is 15.3 Å². The van der Waals surface area contributed by atoms with Crippen LogP contribution in [0.1, 0.15) is 20.7 Å². The van der Waals surface area contributed by atoms with Crippen LogP contribution in [0.3, 0.4) is 0 Å². The van der Waals surface area contributed by atoms with Gasteiger partial charge in [0.2, 0.25) is 11.8 Å². The van der Waals surface area contributed by atoms with E-state index in [1.807, 2.05) is 48.5 Å². The molecule has 3 heterocycles. The van der Waals surface area contributed by atoms with E-state index in [0.717, 1.165) is 17.1 Å². The molecule has 2 amide bonds. The van der Waals surface area contributed by atoms with E-state index in [9.17, 15) is 9.59 Å². The molecule has 0 saturated carbocycles. The van der Waals surface area contributed by atoms with E-state index in [2.05, 4.69) is 25.5 Å².